The number of carbonyl (C=O) groups excluding carboxylic acids is 2. The van der Waals surface area contributed by atoms with Crippen LogP contribution in [-0.4, -0.2) is 25.5 Å². The van der Waals surface area contributed by atoms with Gasteiger partial charge in [0.25, 0.3) is 0 Å². The van der Waals surface area contributed by atoms with Crippen LogP contribution in [0.25, 0.3) is 0 Å². The van der Waals surface area contributed by atoms with Crippen LogP contribution in [0.5, 0.6) is 5.75 Å². The normalized spacial score (nSPS) is 14.3. The molecule has 0 atom stereocenters. The van der Waals surface area contributed by atoms with E-state index < -0.39 is 0 Å². The summed E-state index contributed by atoms with van der Waals surface area (Å²) in [7, 11) is 1.61. The summed E-state index contributed by atoms with van der Waals surface area (Å²) >= 11 is 0. The van der Waals surface area contributed by atoms with Gasteiger partial charge in [-0.3, -0.25) is 9.59 Å². The fourth-order valence-corrected chi connectivity index (χ4v) is 2.94. The fraction of sp³-hybridized carbons (Fsp3) is 0.300. The summed E-state index contributed by atoms with van der Waals surface area (Å²) in [5.41, 5.74) is 2.54. The highest BCUT2D eigenvalue weighted by atomic mass is 16.5. The molecule has 1 aliphatic rings. The zero-order valence-corrected chi connectivity index (χ0v) is 14.3. The number of amides is 2. The molecule has 3 rings (SSSR count). The molecule has 5 heteroatoms. The Hall–Kier alpha value is -2.82. The number of carbonyl (C=O) groups is 2. The molecule has 130 valence electrons. The molecule has 2 amide bonds. The van der Waals surface area contributed by atoms with E-state index in [0.29, 0.717) is 12.8 Å². The molecule has 0 radical (unpaired) electrons. The third-order valence-electron chi connectivity index (χ3n) is 4.31. The molecular weight excluding hydrogens is 316 g/mol. The second-order valence-electron chi connectivity index (χ2n) is 6.12. The second-order valence-corrected chi connectivity index (χ2v) is 6.12. The summed E-state index contributed by atoms with van der Waals surface area (Å²) in [6, 6.07) is 14.9. The molecule has 1 heterocycles. The molecule has 2 aromatic rings. The number of piperidine rings is 1. The molecular formula is C20H22N2O3. The van der Waals surface area contributed by atoms with Crippen LogP contribution in [0, 0.1) is 0 Å². The van der Waals surface area contributed by atoms with Crippen LogP contribution in [-0.2, 0) is 16.0 Å². The van der Waals surface area contributed by atoms with Gasteiger partial charge in [-0.1, -0.05) is 12.1 Å². The average Bonchev–Trinajstić information content (AvgIpc) is 2.63. The summed E-state index contributed by atoms with van der Waals surface area (Å²) < 4.78 is 5.11. The summed E-state index contributed by atoms with van der Waals surface area (Å²) in [5, 5.41) is 2.89. The van der Waals surface area contributed by atoms with Crippen LogP contribution in [0.1, 0.15) is 24.8 Å². The number of hydrogen-bond donors (Lipinski definition) is 1. The molecule has 0 spiro atoms. The first-order valence-corrected chi connectivity index (χ1v) is 8.49. The predicted octanol–water partition coefficient (Wildman–Crippen LogP) is 3.39. The van der Waals surface area contributed by atoms with Gasteiger partial charge < -0.3 is 15.0 Å². The van der Waals surface area contributed by atoms with Crippen LogP contribution in [0.2, 0.25) is 0 Å². The van der Waals surface area contributed by atoms with Gasteiger partial charge in [-0.05, 0) is 54.8 Å². The van der Waals surface area contributed by atoms with E-state index in [9.17, 15) is 9.59 Å². The number of rotatable bonds is 5. The lowest BCUT2D eigenvalue weighted by Gasteiger charge is -2.26. The Labute approximate surface area is 147 Å². The summed E-state index contributed by atoms with van der Waals surface area (Å²) in [6.07, 6.45) is 2.91. The largest absolute Gasteiger partial charge is 0.497 e. The molecule has 1 saturated heterocycles. The summed E-state index contributed by atoms with van der Waals surface area (Å²) in [5.74, 6) is 0.863. The van der Waals surface area contributed by atoms with Crippen LogP contribution in [0.4, 0.5) is 11.4 Å². The zero-order valence-electron chi connectivity index (χ0n) is 14.3. The molecule has 1 fully saturated rings. The highest BCUT2D eigenvalue weighted by molar-refractivity contribution is 5.95. The molecule has 1 aliphatic heterocycles. The van der Waals surface area contributed by atoms with Gasteiger partial charge in [0.05, 0.1) is 13.5 Å². The minimum Gasteiger partial charge on any atom is -0.497 e. The van der Waals surface area contributed by atoms with Gasteiger partial charge in [0, 0.05) is 24.3 Å². The zero-order chi connectivity index (χ0) is 17.6. The third-order valence-corrected chi connectivity index (χ3v) is 4.31. The van der Waals surface area contributed by atoms with E-state index in [1.54, 1.807) is 7.11 Å². The number of ether oxygens (including phenoxy) is 1. The Bertz CT molecular complexity index is 739. The third kappa shape index (κ3) is 4.38. The summed E-state index contributed by atoms with van der Waals surface area (Å²) in [6.45, 7) is 0.766. The van der Waals surface area contributed by atoms with E-state index in [2.05, 4.69) is 5.32 Å². The predicted molar refractivity (Wildman–Crippen MR) is 98.0 cm³/mol. The molecule has 25 heavy (non-hydrogen) atoms. The van der Waals surface area contributed by atoms with Crippen LogP contribution < -0.4 is 15.0 Å². The Morgan fingerprint density at radius 1 is 1.08 bits per heavy atom. The van der Waals surface area contributed by atoms with Crippen molar-refractivity contribution in [2.45, 2.75) is 25.7 Å². The number of hydrogen-bond acceptors (Lipinski definition) is 3. The SMILES string of the molecule is COc1ccc(CC(=O)Nc2ccc(N3CCCCC3=O)cc2)cc1. The van der Waals surface area contributed by atoms with Gasteiger partial charge in [-0.25, -0.2) is 0 Å². The average molecular weight is 338 g/mol. The highest BCUT2D eigenvalue weighted by Gasteiger charge is 2.19. The van der Waals surface area contributed by atoms with Crippen molar-refractivity contribution in [3.8, 4) is 5.75 Å². The van der Waals surface area contributed by atoms with Crippen molar-refractivity contribution in [3.63, 3.8) is 0 Å². The van der Waals surface area contributed by atoms with E-state index in [-0.39, 0.29) is 11.8 Å². The first-order chi connectivity index (χ1) is 12.2. The maximum Gasteiger partial charge on any atom is 0.228 e. The van der Waals surface area contributed by atoms with Crippen molar-refractivity contribution in [1.82, 2.24) is 0 Å². The molecule has 0 aliphatic carbocycles. The number of benzene rings is 2. The van der Waals surface area contributed by atoms with E-state index in [1.165, 1.54) is 0 Å². The lowest BCUT2D eigenvalue weighted by molar-refractivity contribution is -0.119. The number of nitrogens with zero attached hydrogens (tertiary/aromatic N) is 1. The van der Waals surface area contributed by atoms with Crippen LogP contribution in [0.15, 0.2) is 48.5 Å². The number of anilines is 2. The van der Waals surface area contributed by atoms with Crippen molar-refractivity contribution in [2.75, 3.05) is 23.9 Å². The van der Waals surface area contributed by atoms with Crippen molar-refractivity contribution in [1.29, 1.82) is 0 Å². The standard InChI is InChI=1S/C20H22N2O3/c1-25-18-11-5-15(6-12-18)14-19(23)21-16-7-9-17(10-8-16)22-13-3-2-4-20(22)24/h5-12H,2-4,13-14H2,1H3,(H,21,23). The van der Waals surface area contributed by atoms with E-state index >= 15 is 0 Å². The van der Waals surface area contributed by atoms with Crippen LogP contribution in [0.3, 0.4) is 0 Å². The molecule has 0 aromatic heterocycles. The monoisotopic (exact) mass is 338 g/mol. The van der Waals surface area contributed by atoms with Gasteiger partial charge >= 0.3 is 0 Å². The molecule has 0 saturated carbocycles. The lowest BCUT2D eigenvalue weighted by Crippen LogP contribution is -2.35. The van der Waals surface area contributed by atoms with Crippen molar-refractivity contribution in [2.24, 2.45) is 0 Å². The molecule has 2 aromatic carbocycles. The van der Waals surface area contributed by atoms with Gasteiger partial charge in [-0.15, -0.1) is 0 Å². The van der Waals surface area contributed by atoms with E-state index in [1.807, 2.05) is 53.4 Å². The van der Waals surface area contributed by atoms with Crippen molar-refractivity contribution in [3.05, 3.63) is 54.1 Å². The fourth-order valence-electron chi connectivity index (χ4n) is 2.94. The number of nitrogens with one attached hydrogen (secondary N) is 1. The minimum absolute atomic E-state index is 0.0769. The van der Waals surface area contributed by atoms with E-state index in [4.69, 9.17) is 4.74 Å². The van der Waals surface area contributed by atoms with Crippen molar-refractivity contribution >= 4 is 23.2 Å². The first-order valence-electron chi connectivity index (χ1n) is 8.49. The van der Waals surface area contributed by atoms with Gasteiger partial charge in [0.15, 0.2) is 0 Å². The Morgan fingerprint density at radius 3 is 2.44 bits per heavy atom. The molecule has 0 bridgehead atoms. The maximum absolute atomic E-state index is 12.2. The van der Waals surface area contributed by atoms with Gasteiger partial charge in [-0.2, -0.15) is 0 Å². The van der Waals surface area contributed by atoms with Crippen LogP contribution >= 0.6 is 0 Å². The van der Waals surface area contributed by atoms with Crippen molar-refractivity contribution < 1.29 is 14.3 Å². The first kappa shape index (κ1) is 17.0. The highest BCUT2D eigenvalue weighted by Crippen LogP contribution is 2.23. The molecule has 5 nitrogen and oxygen atoms in total. The quantitative estimate of drug-likeness (QED) is 0.909. The smallest absolute Gasteiger partial charge is 0.228 e. The Balaban J connectivity index is 1.58. The molecule has 1 N–H and O–H groups in total. The van der Waals surface area contributed by atoms with E-state index in [0.717, 1.165) is 42.1 Å². The van der Waals surface area contributed by atoms with Gasteiger partial charge in [0.1, 0.15) is 5.75 Å². The Kier molecular flexibility index (Phi) is 5.33. The second kappa shape index (κ2) is 7.83. The summed E-state index contributed by atoms with van der Waals surface area (Å²) in [4.78, 5) is 25.9. The maximum atomic E-state index is 12.2. The lowest BCUT2D eigenvalue weighted by atomic mass is 10.1. The Morgan fingerprint density at radius 2 is 1.80 bits per heavy atom. The minimum atomic E-state index is -0.0769. The topological polar surface area (TPSA) is 58.6 Å². The van der Waals surface area contributed by atoms with Gasteiger partial charge in [0.2, 0.25) is 11.8 Å². The molecule has 0 unspecified atom stereocenters. The number of methoxy groups -OCH3 is 1.